The second-order valence-corrected chi connectivity index (χ2v) is 7.04. The zero-order valence-corrected chi connectivity index (χ0v) is 15.3. The Morgan fingerprint density at radius 1 is 1.04 bits per heavy atom. The molecule has 0 fully saturated rings. The van der Waals surface area contributed by atoms with E-state index in [1.165, 1.54) is 0 Å². The Labute approximate surface area is 156 Å². The van der Waals surface area contributed by atoms with Crippen molar-refractivity contribution < 1.29 is 0 Å². The van der Waals surface area contributed by atoms with Crippen LogP contribution in [-0.2, 0) is 13.1 Å². The lowest BCUT2D eigenvalue weighted by molar-refractivity contribution is 0.682. The lowest BCUT2D eigenvalue weighted by Crippen LogP contribution is -2.13. The predicted octanol–water partition coefficient (Wildman–Crippen LogP) is 3.99. The average molecular weight is 361 g/mol. The van der Waals surface area contributed by atoms with Gasteiger partial charge in [0.25, 0.3) is 0 Å². The van der Waals surface area contributed by atoms with E-state index in [2.05, 4.69) is 39.0 Å². The molecule has 1 aromatic carbocycles. The van der Waals surface area contributed by atoms with E-state index in [-0.39, 0.29) is 0 Å². The van der Waals surface area contributed by atoms with Crippen LogP contribution in [0.4, 0.5) is 0 Å². The van der Waals surface area contributed by atoms with Crippen LogP contribution in [0, 0.1) is 6.92 Å². The van der Waals surface area contributed by atoms with E-state index in [9.17, 15) is 0 Å². The van der Waals surface area contributed by atoms with E-state index in [1.54, 1.807) is 23.7 Å². The normalized spacial score (nSPS) is 11.0. The fourth-order valence-electron chi connectivity index (χ4n) is 2.82. The van der Waals surface area contributed by atoms with Crippen LogP contribution >= 0.6 is 11.3 Å². The molecule has 0 radical (unpaired) electrons. The van der Waals surface area contributed by atoms with Gasteiger partial charge in [-0.1, -0.05) is 18.2 Å². The number of para-hydroxylation sites is 1. The summed E-state index contributed by atoms with van der Waals surface area (Å²) in [5.41, 5.74) is 5.30. The Kier molecular flexibility index (Phi) is 4.86. The summed E-state index contributed by atoms with van der Waals surface area (Å²) in [5, 5.41) is 11.5. The van der Waals surface area contributed by atoms with Crippen molar-refractivity contribution in [2.24, 2.45) is 0 Å². The predicted molar refractivity (Wildman–Crippen MR) is 104 cm³/mol. The molecular weight excluding hydrogens is 342 g/mol. The van der Waals surface area contributed by atoms with Crippen LogP contribution in [0.15, 0.2) is 66.4 Å². The van der Waals surface area contributed by atoms with Crippen LogP contribution in [0.2, 0.25) is 0 Å². The van der Waals surface area contributed by atoms with Crippen LogP contribution in [0.3, 0.4) is 0 Å². The van der Waals surface area contributed by atoms with E-state index >= 15 is 0 Å². The van der Waals surface area contributed by atoms with Gasteiger partial charge in [0, 0.05) is 48.2 Å². The van der Waals surface area contributed by atoms with Crippen molar-refractivity contribution in [2.45, 2.75) is 20.0 Å². The quantitative estimate of drug-likeness (QED) is 0.564. The highest BCUT2D eigenvalue weighted by molar-refractivity contribution is 7.09. The first kappa shape index (κ1) is 16.6. The maximum Gasteiger partial charge on any atom is 0.0973 e. The number of thiazole rings is 1. The van der Waals surface area contributed by atoms with Gasteiger partial charge >= 0.3 is 0 Å². The summed E-state index contributed by atoms with van der Waals surface area (Å²) in [6.07, 6.45) is 5.68. The van der Waals surface area contributed by atoms with Gasteiger partial charge in [0.05, 0.1) is 22.1 Å². The third kappa shape index (κ3) is 3.71. The molecule has 0 bridgehead atoms. The summed E-state index contributed by atoms with van der Waals surface area (Å²) in [6, 6.07) is 14.1. The second-order valence-electron chi connectivity index (χ2n) is 5.98. The number of aromatic nitrogens is 4. The standard InChI is InChI=1S/C20H19N5S/c1-15-23-18(14-26-15)12-22-11-17-13-25(19-5-3-2-4-6-19)24-20(17)16-7-9-21-10-8-16/h2-10,13-14,22H,11-12H2,1H3. The average Bonchev–Trinajstić information content (AvgIpc) is 3.30. The molecule has 1 N–H and O–H groups in total. The van der Waals surface area contributed by atoms with Crippen LogP contribution in [0.1, 0.15) is 16.3 Å². The highest BCUT2D eigenvalue weighted by atomic mass is 32.1. The van der Waals surface area contributed by atoms with Gasteiger partial charge in [0.1, 0.15) is 0 Å². The van der Waals surface area contributed by atoms with Gasteiger partial charge in [-0.15, -0.1) is 11.3 Å². The molecule has 4 rings (SSSR count). The maximum atomic E-state index is 4.82. The van der Waals surface area contributed by atoms with E-state index < -0.39 is 0 Å². The molecule has 130 valence electrons. The van der Waals surface area contributed by atoms with E-state index in [0.29, 0.717) is 0 Å². The monoisotopic (exact) mass is 361 g/mol. The van der Waals surface area contributed by atoms with Crippen LogP contribution in [0.5, 0.6) is 0 Å². The molecule has 3 aromatic heterocycles. The van der Waals surface area contributed by atoms with Gasteiger partial charge < -0.3 is 5.32 Å². The maximum absolute atomic E-state index is 4.82. The lowest BCUT2D eigenvalue weighted by atomic mass is 10.1. The molecule has 0 atom stereocenters. The van der Waals surface area contributed by atoms with Crippen LogP contribution in [-0.4, -0.2) is 19.7 Å². The lowest BCUT2D eigenvalue weighted by Gasteiger charge is -2.03. The summed E-state index contributed by atoms with van der Waals surface area (Å²) in [6.45, 7) is 3.50. The molecule has 26 heavy (non-hydrogen) atoms. The van der Waals surface area contributed by atoms with E-state index in [0.717, 1.165) is 46.3 Å². The van der Waals surface area contributed by atoms with Crippen molar-refractivity contribution in [3.05, 3.63) is 82.7 Å². The number of rotatable bonds is 6. The molecule has 4 aromatic rings. The molecule has 0 aliphatic carbocycles. The first-order chi connectivity index (χ1) is 12.8. The van der Waals surface area contributed by atoms with Gasteiger partial charge in [-0.05, 0) is 31.2 Å². The van der Waals surface area contributed by atoms with Crippen LogP contribution < -0.4 is 5.32 Å². The Morgan fingerprint density at radius 3 is 2.58 bits per heavy atom. The summed E-state index contributed by atoms with van der Waals surface area (Å²) in [7, 11) is 0. The minimum atomic E-state index is 0.723. The van der Waals surface area contributed by atoms with Crippen molar-refractivity contribution in [2.75, 3.05) is 0 Å². The minimum absolute atomic E-state index is 0.723. The zero-order chi connectivity index (χ0) is 17.8. The molecule has 0 saturated carbocycles. The highest BCUT2D eigenvalue weighted by Gasteiger charge is 2.12. The molecular formula is C20H19N5S. The molecule has 5 nitrogen and oxygen atoms in total. The largest absolute Gasteiger partial charge is 0.307 e. The number of nitrogens with zero attached hydrogens (tertiary/aromatic N) is 4. The molecule has 3 heterocycles. The van der Waals surface area contributed by atoms with Crippen molar-refractivity contribution in [1.29, 1.82) is 0 Å². The summed E-state index contributed by atoms with van der Waals surface area (Å²) in [4.78, 5) is 8.61. The second kappa shape index (κ2) is 7.59. The first-order valence-electron chi connectivity index (χ1n) is 8.46. The van der Waals surface area contributed by atoms with E-state index in [1.807, 2.05) is 41.9 Å². The Hall–Kier alpha value is -2.83. The SMILES string of the molecule is Cc1nc(CNCc2cn(-c3ccccc3)nc2-c2ccncc2)cs1. The number of hydrogen-bond acceptors (Lipinski definition) is 5. The Bertz CT molecular complexity index is 976. The summed E-state index contributed by atoms with van der Waals surface area (Å²) in [5.74, 6) is 0. The van der Waals surface area contributed by atoms with Gasteiger partial charge in [-0.3, -0.25) is 4.98 Å². The van der Waals surface area contributed by atoms with Crippen molar-refractivity contribution in [1.82, 2.24) is 25.1 Å². The number of pyridine rings is 1. The molecule has 0 aliphatic heterocycles. The third-order valence-electron chi connectivity index (χ3n) is 4.05. The molecule has 6 heteroatoms. The molecule has 0 amide bonds. The fraction of sp³-hybridized carbons (Fsp3) is 0.150. The van der Waals surface area contributed by atoms with Crippen molar-refractivity contribution in [3.8, 4) is 16.9 Å². The van der Waals surface area contributed by atoms with Gasteiger partial charge in [0.15, 0.2) is 0 Å². The Balaban J connectivity index is 1.60. The van der Waals surface area contributed by atoms with Crippen LogP contribution in [0.25, 0.3) is 16.9 Å². The molecule has 0 spiro atoms. The smallest absolute Gasteiger partial charge is 0.0973 e. The number of hydrogen-bond donors (Lipinski definition) is 1. The molecule has 0 aliphatic rings. The number of benzene rings is 1. The first-order valence-corrected chi connectivity index (χ1v) is 9.33. The van der Waals surface area contributed by atoms with Gasteiger partial charge in [0.2, 0.25) is 0 Å². The van der Waals surface area contributed by atoms with Crippen molar-refractivity contribution in [3.63, 3.8) is 0 Å². The van der Waals surface area contributed by atoms with Gasteiger partial charge in [-0.2, -0.15) is 5.10 Å². The molecule has 0 saturated heterocycles. The summed E-state index contributed by atoms with van der Waals surface area (Å²) >= 11 is 1.68. The third-order valence-corrected chi connectivity index (χ3v) is 4.87. The minimum Gasteiger partial charge on any atom is -0.307 e. The topological polar surface area (TPSA) is 55.6 Å². The number of aryl methyl sites for hydroxylation is 1. The zero-order valence-electron chi connectivity index (χ0n) is 14.5. The van der Waals surface area contributed by atoms with Crippen molar-refractivity contribution >= 4 is 11.3 Å². The van der Waals surface area contributed by atoms with Gasteiger partial charge in [-0.25, -0.2) is 9.67 Å². The summed E-state index contributed by atoms with van der Waals surface area (Å²) < 4.78 is 1.93. The fourth-order valence-corrected chi connectivity index (χ4v) is 3.43. The van der Waals surface area contributed by atoms with E-state index in [4.69, 9.17) is 5.10 Å². The molecule has 0 unspecified atom stereocenters. The number of nitrogens with one attached hydrogen (secondary N) is 1. The highest BCUT2D eigenvalue weighted by Crippen LogP contribution is 2.23. The Morgan fingerprint density at radius 2 is 1.85 bits per heavy atom.